The Morgan fingerprint density at radius 1 is 0.966 bits per heavy atom. The number of hydrogen-bond donors (Lipinski definition) is 2. The highest BCUT2D eigenvalue weighted by Gasteiger charge is 2.74. The molecule has 2 nitrogen and oxygen atoms in total. The minimum atomic E-state index is -0.0615. The van der Waals surface area contributed by atoms with E-state index in [1.54, 1.807) is 0 Å². The van der Waals surface area contributed by atoms with Gasteiger partial charge in [0.15, 0.2) is 0 Å². The summed E-state index contributed by atoms with van der Waals surface area (Å²) >= 11 is 0. The van der Waals surface area contributed by atoms with Gasteiger partial charge in [-0.05, 0) is 97.7 Å². The van der Waals surface area contributed by atoms with Crippen LogP contribution in [0.3, 0.4) is 0 Å². The summed E-state index contributed by atoms with van der Waals surface area (Å²) in [5, 5.41) is 14.4. The van der Waals surface area contributed by atoms with Crippen molar-refractivity contribution >= 4 is 0 Å². The Hall–Kier alpha value is -0.0800. The number of fused-ring (bicyclic) bond motifs is 4. The summed E-state index contributed by atoms with van der Waals surface area (Å²) in [6.07, 6.45) is 14.8. The molecular formula is C27H47NO. The molecule has 2 N–H and O–H groups in total. The molecule has 0 aromatic rings. The van der Waals surface area contributed by atoms with E-state index in [0.717, 1.165) is 48.3 Å². The van der Waals surface area contributed by atoms with Gasteiger partial charge in [-0.25, -0.2) is 0 Å². The van der Waals surface area contributed by atoms with E-state index in [0.29, 0.717) is 22.4 Å². The molecule has 1 heterocycles. The number of nitrogens with one attached hydrogen (secondary N) is 1. The zero-order chi connectivity index (χ0) is 20.6. The lowest BCUT2D eigenvalue weighted by molar-refractivity contribution is -0.106. The van der Waals surface area contributed by atoms with E-state index in [9.17, 15) is 5.11 Å². The number of hydrogen-bond acceptors (Lipinski definition) is 2. The molecule has 2 heteroatoms. The van der Waals surface area contributed by atoms with E-state index in [-0.39, 0.29) is 6.10 Å². The van der Waals surface area contributed by atoms with Crippen LogP contribution in [0.4, 0.5) is 0 Å². The van der Waals surface area contributed by atoms with Crippen LogP contribution in [-0.4, -0.2) is 22.8 Å². The molecule has 29 heavy (non-hydrogen) atoms. The number of rotatable bonds is 5. The van der Waals surface area contributed by atoms with Crippen molar-refractivity contribution in [3.8, 4) is 0 Å². The number of aliphatic hydroxyl groups is 1. The lowest BCUT2D eigenvalue weighted by Gasteiger charge is -2.60. The molecule has 4 saturated carbocycles. The maximum atomic E-state index is 10.4. The smallest absolute Gasteiger partial charge is 0.0558 e. The van der Waals surface area contributed by atoms with Gasteiger partial charge in [0.2, 0.25) is 0 Å². The van der Waals surface area contributed by atoms with Crippen molar-refractivity contribution in [2.24, 2.45) is 46.3 Å². The highest BCUT2D eigenvalue weighted by Crippen LogP contribution is 2.72. The van der Waals surface area contributed by atoms with Crippen LogP contribution in [0.1, 0.15) is 105 Å². The molecule has 10 atom stereocenters. The van der Waals surface area contributed by atoms with Crippen molar-refractivity contribution in [3.63, 3.8) is 0 Å². The fraction of sp³-hybridized carbons (Fsp3) is 1.00. The third-order valence-electron chi connectivity index (χ3n) is 11.5. The van der Waals surface area contributed by atoms with E-state index < -0.39 is 0 Å². The summed E-state index contributed by atoms with van der Waals surface area (Å²) in [5.74, 6) is 5.52. The Morgan fingerprint density at radius 3 is 2.52 bits per heavy atom. The second-order valence-corrected chi connectivity index (χ2v) is 13.1. The summed E-state index contributed by atoms with van der Waals surface area (Å²) in [5.41, 5.74) is 1.32. The fourth-order valence-corrected chi connectivity index (χ4v) is 9.91. The summed E-state index contributed by atoms with van der Waals surface area (Å²) in [7, 11) is 0. The number of aliphatic hydroxyl groups excluding tert-OH is 1. The van der Waals surface area contributed by atoms with Crippen molar-refractivity contribution in [3.05, 3.63) is 0 Å². The largest absolute Gasteiger partial charge is 0.393 e. The topological polar surface area (TPSA) is 42.2 Å². The Kier molecular flexibility index (Phi) is 4.99. The molecule has 0 aromatic heterocycles. The maximum Gasteiger partial charge on any atom is 0.0558 e. The molecule has 0 bridgehead atoms. The minimum absolute atomic E-state index is 0.0615. The van der Waals surface area contributed by atoms with Gasteiger partial charge in [-0.15, -0.1) is 0 Å². The maximum absolute atomic E-state index is 10.4. The molecule has 5 fully saturated rings. The van der Waals surface area contributed by atoms with E-state index in [2.05, 4.69) is 39.9 Å². The molecule has 4 aliphatic carbocycles. The van der Waals surface area contributed by atoms with Gasteiger partial charge in [0.1, 0.15) is 0 Å². The molecule has 0 amide bonds. The van der Waals surface area contributed by atoms with Gasteiger partial charge in [-0.3, -0.25) is 0 Å². The van der Waals surface area contributed by atoms with Crippen molar-refractivity contribution in [1.29, 1.82) is 0 Å². The molecule has 1 saturated heterocycles. The normalized spacial score (nSPS) is 54.3. The van der Waals surface area contributed by atoms with Crippen molar-refractivity contribution in [1.82, 2.24) is 5.32 Å². The van der Waals surface area contributed by atoms with Crippen LogP contribution in [0, 0.1) is 46.3 Å². The first-order valence-electron chi connectivity index (χ1n) is 13.2. The van der Waals surface area contributed by atoms with Crippen molar-refractivity contribution in [2.75, 3.05) is 0 Å². The molecule has 1 unspecified atom stereocenters. The van der Waals surface area contributed by atoms with E-state index in [1.807, 2.05) is 0 Å². The second-order valence-electron chi connectivity index (χ2n) is 13.1. The molecule has 5 aliphatic rings. The molecule has 5 rings (SSSR count). The monoisotopic (exact) mass is 401 g/mol. The van der Waals surface area contributed by atoms with Gasteiger partial charge in [-0.1, -0.05) is 53.9 Å². The average Bonchev–Trinajstić information content (AvgIpc) is 3.22. The minimum Gasteiger partial charge on any atom is -0.393 e. The van der Waals surface area contributed by atoms with Crippen LogP contribution in [0.5, 0.6) is 0 Å². The van der Waals surface area contributed by atoms with E-state index in [1.165, 1.54) is 57.8 Å². The second kappa shape index (κ2) is 6.96. The van der Waals surface area contributed by atoms with Crippen molar-refractivity contribution < 1.29 is 5.11 Å². The van der Waals surface area contributed by atoms with Crippen LogP contribution < -0.4 is 5.32 Å². The molecule has 0 radical (unpaired) electrons. The quantitative estimate of drug-likeness (QED) is 0.541. The van der Waals surface area contributed by atoms with E-state index in [4.69, 9.17) is 0 Å². The van der Waals surface area contributed by atoms with Crippen molar-refractivity contribution in [2.45, 2.75) is 123 Å². The molecule has 166 valence electrons. The summed E-state index contributed by atoms with van der Waals surface area (Å²) in [4.78, 5) is 0. The van der Waals surface area contributed by atoms with Gasteiger partial charge in [-0.2, -0.15) is 0 Å². The Labute approximate surface area is 180 Å². The zero-order valence-electron chi connectivity index (χ0n) is 19.8. The van der Waals surface area contributed by atoms with Gasteiger partial charge in [0.25, 0.3) is 0 Å². The third-order valence-corrected chi connectivity index (χ3v) is 11.5. The van der Waals surface area contributed by atoms with Gasteiger partial charge >= 0.3 is 0 Å². The van der Waals surface area contributed by atoms with E-state index >= 15 is 0 Å². The fourth-order valence-electron chi connectivity index (χ4n) is 9.91. The summed E-state index contributed by atoms with van der Waals surface area (Å²) in [6.45, 7) is 12.7. The van der Waals surface area contributed by atoms with Crippen LogP contribution >= 0.6 is 0 Å². The summed E-state index contributed by atoms with van der Waals surface area (Å²) in [6, 6.07) is 0.702. The van der Waals surface area contributed by atoms with Gasteiger partial charge in [0, 0.05) is 11.6 Å². The lowest BCUT2D eigenvalue weighted by Crippen LogP contribution is -2.59. The first kappa shape index (κ1) is 20.8. The SMILES string of the molecule is CC(C)CCC[C@@H](C)C1CC[C@H]2[C@@H]3C[C@H]4N[C@]45C[C@@H](O)CC[C@]5(C)[C@H]3CC[C@]12C. The predicted octanol–water partition coefficient (Wildman–Crippen LogP) is 6.17. The molecular weight excluding hydrogens is 354 g/mol. The molecule has 1 aliphatic heterocycles. The standard InChI is InChI=1S/C27H47NO/c1-17(2)7-6-8-18(3)21-9-10-22-20-15-24-27(28-24)16-19(29)11-14-26(27,5)23(20)12-13-25(21,22)4/h17-24,28-29H,6-16H2,1-5H3/t18-,19+,20+,21?,22+,23+,24-,25-,26-,27-/m1/s1. The molecule has 0 aromatic carbocycles. The first-order valence-corrected chi connectivity index (χ1v) is 13.2. The van der Waals surface area contributed by atoms with Crippen LogP contribution in [0.25, 0.3) is 0 Å². The Morgan fingerprint density at radius 2 is 1.76 bits per heavy atom. The first-order chi connectivity index (χ1) is 13.7. The van der Waals surface area contributed by atoms with Crippen LogP contribution in [-0.2, 0) is 0 Å². The van der Waals surface area contributed by atoms with Crippen LogP contribution in [0.2, 0.25) is 0 Å². The zero-order valence-corrected chi connectivity index (χ0v) is 19.8. The Balaban J connectivity index is 1.33. The average molecular weight is 402 g/mol. The lowest BCUT2D eigenvalue weighted by atomic mass is 9.44. The van der Waals surface area contributed by atoms with Gasteiger partial charge < -0.3 is 10.4 Å². The molecule has 1 spiro atoms. The third kappa shape index (κ3) is 2.94. The predicted molar refractivity (Wildman–Crippen MR) is 121 cm³/mol. The highest BCUT2D eigenvalue weighted by molar-refractivity contribution is 5.30. The highest BCUT2D eigenvalue weighted by atomic mass is 16.3. The van der Waals surface area contributed by atoms with Gasteiger partial charge in [0.05, 0.1) is 6.10 Å². The Bertz CT molecular complexity index is 632. The van der Waals surface area contributed by atoms with Crippen LogP contribution in [0.15, 0.2) is 0 Å². The summed E-state index contributed by atoms with van der Waals surface area (Å²) < 4.78 is 0.